The monoisotopic (exact) mass is 192 g/mol. The summed E-state index contributed by atoms with van der Waals surface area (Å²) in [5.74, 6) is 0. The summed E-state index contributed by atoms with van der Waals surface area (Å²) in [7, 11) is 0. The van der Waals surface area contributed by atoms with Gasteiger partial charge in [-0.25, -0.2) is 0 Å². The summed E-state index contributed by atoms with van der Waals surface area (Å²) < 4.78 is 36.6. The van der Waals surface area contributed by atoms with Crippen LogP contribution in [0.1, 0.15) is 11.3 Å². The van der Waals surface area contributed by atoms with E-state index in [1.165, 1.54) is 0 Å². The molecule has 0 spiro atoms. The number of aromatic nitrogens is 1. The van der Waals surface area contributed by atoms with Crippen LogP contribution in [0.15, 0.2) is 16.9 Å². The van der Waals surface area contributed by atoms with Crippen LogP contribution in [0.3, 0.4) is 0 Å². The van der Waals surface area contributed by atoms with Crippen molar-refractivity contribution in [3.8, 4) is 0 Å². The third-order valence-corrected chi connectivity index (χ3v) is 1.51. The van der Waals surface area contributed by atoms with Gasteiger partial charge in [-0.15, -0.1) is 0 Å². The van der Waals surface area contributed by atoms with Crippen LogP contribution < -0.4 is 11.3 Å². The summed E-state index contributed by atoms with van der Waals surface area (Å²) in [5, 5.41) is 0. The highest BCUT2D eigenvalue weighted by molar-refractivity contribution is 5.21. The number of rotatable bonds is 1. The van der Waals surface area contributed by atoms with E-state index < -0.39 is 17.4 Å². The second kappa shape index (κ2) is 3.21. The number of halogens is 3. The maximum absolute atomic E-state index is 12.2. The second-order valence-corrected chi connectivity index (χ2v) is 2.42. The van der Waals surface area contributed by atoms with Gasteiger partial charge in [0, 0.05) is 12.6 Å². The molecule has 0 atom stereocenters. The smallest absolute Gasteiger partial charge is 0.326 e. The summed E-state index contributed by atoms with van der Waals surface area (Å²) >= 11 is 0. The van der Waals surface area contributed by atoms with Gasteiger partial charge in [-0.3, -0.25) is 4.79 Å². The molecular formula is C7H7F3N2O. The quantitative estimate of drug-likeness (QED) is 0.693. The van der Waals surface area contributed by atoms with Crippen LogP contribution in [-0.2, 0) is 12.7 Å². The Morgan fingerprint density at radius 2 is 2.00 bits per heavy atom. The van der Waals surface area contributed by atoms with Crippen molar-refractivity contribution < 1.29 is 13.2 Å². The van der Waals surface area contributed by atoms with Crippen LogP contribution in [0.2, 0.25) is 0 Å². The van der Waals surface area contributed by atoms with Crippen molar-refractivity contribution in [2.24, 2.45) is 5.73 Å². The summed E-state index contributed by atoms with van der Waals surface area (Å²) in [4.78, 5) is 12.3. The summed E-state index contributed by atoms with van der Waals surface area (Å²) in [6, 6.07) is 2.08. The molecular weight excluding hydrogens is 185 g/mol. The third kappa shape index (κ3) is 2.09. The molecule has 1 aromatic rings. The lowest BCUT2D eigenvalue weighted by Crippen LogP contribution is -2.19. The van der Waals surface area contributed by atoms with Crippen LogP contribution in [0.25, 0.3) is 0 Å². The molecule has 0 aliphatic heterocycles. The Morgan fingerprint density at radius 3 is 2.46 bits per heavy atom. The molecule has 0 aromatic carbocycles. The Kier molecular flexibility index (Phi) is 2.42. The maximum atomic E-state index is 12.2. The Hall–Kier alpha value is -1.30. The van der Waals surface area contributed by atoms with E-state index in [-0.39, 0.29) is 12.1 Å². The molecule has 3 N–H and O–H groups in total. The SMILES string of the molecule is NCc1ccc(=O)[nH]c1C(F)(F)F. The molecule has 1 aromatic heterocycles. The highest BCUT2D eigenvalue weighted by Crippen LogP contribution is 2.28. The van der Waals surface area contributed by atoms with Crippen LogP contribution >= 0.6 is 0 Å². The topological polar surface area (TPSA) is 58.9 Å². The van der Waals surface area contributed by atoms with Crippen molar-refractivity contribution in [3.63, 3.8) is 0 Å². The normalized spacial score (nSPS) is 11.7. The minimum atomic E-state index is -4.56. The fourth-order valence-electron chi connectivity index (χ4n) is 0.928. The van der Waals surface area contributed by atoms with Crippen molar-refractivity contribution in [1.82, 2.24) is 4.98 Å². The predicted octanol–water partition coefficient (Wildman–Crippen LogP) is 0.852. The number of nitrogens with two attached hydrogens (primary N) is 1. The lowest BCUT2D eigenvalue weighted by atomic mass is 10.2. The van der Waals surface area contributed by atoms with Gasteiger partial charge in [0.15, 0.2) is 0 Å². The minimum absolute atomic E-state index is 0.118. The molecule has 0 radical (unpaired) electrons. The molecule has 1 rings (SSSR count). The van der Waals surface area contributed by atoms with Gasteiger partial charge in [-0.2, -0.15) is 13.2 Å². The molecule has 0 bridgehead atoms. The zero-order valence-corrected chi connectivity index (χ0v) is 6.48. The van der Waals surface area contributed by atoms with Crippen LogP contribution in [0, 0.1) is 0 Å². The van der Waals surface area contributed by atoms with Gasteiger partial charge in [-0.05, 0) is 5.56 Å². The number of alkyl halides is 3. The van der Waals surface area contributed by atoms with E-state index in [9.17, 15) is 18.0 Å². The minimum Gasteiger partial charge on any atom is -0.326 e. The molecule has 0 unspecified atom stereocenters. The van der Waals surface area contributed by atoms with Gasteiger partial charge >= 0.3 is 6.18 Å². The maximum Gasteiger partial charge on any atom is 0.431 e. The fourth-order valence-corrected chi connectivity index (χ4v) is 0.928. The number of hydrogen-bond donors (Lipinski definition) is 2. The Bertz CT molecular complexity index is 355. The molecule has 72 valence electrons. The van der Waals surface area contributed by atoms with E-state index in [0.717, 1.165) is 12.1 Å². The standard InChI is InChI=1S/C7H7F3N2O/c8-7(9,10)6-4(3-11)1-2-5(13)12-6/h1-2H,3,11H2,(H,12,13). The van der Waals surface area contributed by atoms with Crippen molar-refractivity contribution in [3.05, 3.63) is 33.7 Å². The average molecular weight is 192 g/mol. The van der Waals surface area contributed by atoms with E-state index in [2.05, 4.69) is 0 Å². The number of pyridine rings is 1. The largest absolute Gasteiger partial charge is 0.431 e. The van der Waals surface area contributed by atoms with Crippen LogP contribution in [-0.4, -0.2) is 4.98 Å². The predicted molar refractivity (Wildman–Crippen MR) is 40.0 cm³/mol. The molecule has 0 amide bonds. The molecule has 1 heterocycles. The molecule has 0 saturated heterocycles. The number of nitrogens with one attached hydrogen (secondary N) is 1. The van der Waals surface area contributed by atoms with Crippen molar-refractivity contribution >= 4 is 0 Å². The van der Waals surface area contributed by atoms with E-state index in [1.54, 1.807) is 4.98 Å². The number of aromatic amines is 1. The molecule has 3 nitrogen and oxygen atoms in total. The molecule has 0 aliphatic carbocycles. The summed E-state index contributed by atoms with van der Waals surface area (Å²) in [6.07, 6.45) is -4.56. The van der Waals surface area contributed by atoms with Gasteiger partial charge in [-0.1, -0.05) is 6.07 Å². The van der Waals surface area contributed by atoms with E-state index in [4.69, 9.17) is 5.73 Å². The summed E-state index contributed by atoms with van der Waals surface area (Å²) in [5.41, 5.74) is 3.10. The van der Waals surface area contributed by atoms with Crippen LogP contribution in [0.5, 0.6) is 0 Å². The van der Waals surface area contributed by atoms with E-state index in [0.29, 0.717) is 0 Å². The first kappa shape index (κ1) is 9.79. The second-order valence-electron chi connectivity index (χ2n) is 2.42. The Morgan fingerprint density at radius 1 is 1.38 bits per heavy atom. The van der Waals surface area contributed by atoms with Crippen molar-refractivity contribution in [1.29, 1.82) is 0 Å². The van der Waals surface area contributed by atoms with Gasteiger partial charge < -0.3 is 10.7 Å². The zero-order valence-electron chi connectivity index (χ0n) is 6.48. The van der Waals surface area contributed by atoms with Gasteiger partial charge in [0.25, 0.3) is 0 Å². The Labute approximate surface area is 71.4 Å². The summed E-state index contributed by atoms with van der Waals surface area (Å²) in [6.45, 7) is -0.258. The zero-order chi connectivity index (χ0) is 10.1. The highest BCUT2D eigenvalue weighted by atomic mass is 19.4. The fraction of sp³-hybridized carbons (Fsp3) is 0.286. The van der Waals surface area contributed by atoms with Gasteiger partial charge in [0.2, 0.25) is 5.56 Å². The lowest BCUT2D eigenvalue weighted by molar-refractivity contribution is -0.141. The number of hydrogen-bond acceptors (Lipinski definition) is 2. The molecule has 13 heavy (non-hydrogen) atoms. The van der Waals surface area contributed by atoms with Gasteiger partial charge in [0.1, 0.15) is 5.69 Å². The first-order chi connectivity index (χ1) is 5.95. The Balaban J connectivity index is 3.32. The third-order valence-electron chi connectivity index (χ3n) is 1.51. The van der Waals surface area contributed by atoms with Gasteiger partial charge in [0.05, 0.1) is 0 Å². The molecule has 0 fully saturated rings. The van der Waals surface area contributed by atoms with E-state index >= 15 is 0 Å². The number of H-pyrrole nitrogens is 1. The van der Waals surface area contributed by atoms with Crippen LogP contribution in [0.4, 0.5) is 13.2 Å². The average Bonchev–Trinajstić information content (AvgIpc) is 2.03. The first-order valence-electron chi connectivity index (χ1n) is 3.44. The molecule has 0 aliphatic rings. The molecule has 0 saturated carbocycles. The highest BCUT2D eigenvalue weighted by Gasteiger charge is 2.34. The van der Waals surface area contributed by atoms with Crippen molar-refractivity contribution in [2.75, 3.05) is 0 Å². The molecule has 6 heteroatoms. The van der Waals surface area contributed by atoms with E-state index in [1.807, 2.05) is 0 Å². The lowest BCUT2D eigenvalue weighted by Gasteiger charge is -2.09. The first-order valence-corrected chi connectivity index (χ1v) is 3.44. The van der Waals surface area contributed by atoms with Crippen molar-refractivity contribution in [2.45, 2.75) is 12.7 Å².